The van der Waals surface area contributed by atoms with Crippen molar-refractivity contribution in [1.82, 2.24) is 15.5 Å². The Morgan fingerprint density at radius 2 is 1.89 bits per heavy atom. The second kappa shape index (κ2) is 12.3. The van der Waals surface area contributed by atoms with Gasteiger partial charge in [0.15, 0.2) is 5.82 Å². The number of carbonyl (C=O) groups is 2. The minimum absolute atomic E-state index is 0.00845. The number of carboxylic acids is 1. The topological polar surface area (TPSA) is 144 Å². The second-order valence-electron chi connectivity index (χ2n) is 10.2. The summed E-state index contributed by atoms with van der Waals surface area (Å²) in [5.74, 6) is 0.596. The number of aromatic nitrogens is 2. The van der Waals surface area contributed by atoms with E-state index in [9.17, 15) is 19.8 Å². The summed E-state index contributed by atoms with van der Waals surface area (Å²) in [6, 6.07) is 1.70. The van der Waals surface area contributed by atoms with Crippen LogP contribution in [0.5, 0.6) is 11.5 Å². The first-order chi connectivity index (χ1) is 17.2. The van der Waals surface area contributed by atoms with E-state index in [-0.39, 0.29) is 10.6 Å². The number of aromatic carboxylic acids is 1. The van der Waals surface area contributed by atoms with Gasteiger partial charge in [0.05, 0.1) is 12.7 Å². The molecule has 0 spiro atoms. The summed E-state index contributed by atoms with van der Waals surface area (Å²) in [4.78, 5) is 29.1. The Balaban J connectivity index is 2.67. The van der Waals surface area contributed by atoms with Crippen LogP contribution in [0.3, 0.4) is 0 Å². The van der Waals surface area contributed by atoms with Gasteiger partial charge in [-0.3, -0.25) is 4.79 Å². The van der Waals surface area contributed by atoms with Crippen molar-refractivity contribution in [3.05, 3.63) is 34.5 Å². The molecule has 1 amide bonds. The fourth-order valence-corrected chi connectivity index (χ4v) is 7.30. The van der Waals surface area contributed by atoms with Crippen molar-refractivity contribution in [2.24, 2.45) is 5.92 Å². The van der Waals surface area contributed by atoms with Gasteiger partial charge in [-0.1, -0.05) is 32.9 Å². The number of aliphatic hydroxyl groups is 1. The number of aliphatic hydroxyl groups excluding tert-OH is 1. The van der Waals surface area contributed by atoms with Crippen LogP contribution in [0.2, 0.25) is 18.1 Å². The average Bonchev–Trinajstić information content (AvgIpc) is 3.23. The normalized spacial score (nSPS) is 12.9. The molecule has 1 aromatic heterocycles. The molecule has 0 fully saturated rings. The van der Waals surface area contributed by atoms with Crippen LogP contribution >= 0.6 is 11.8 Å². The summed E-state index contributed by atoms with van der Waals surface area (Å²) in [6.45, 7) is 15.4. The van der Waals surface area contributed by atoms with Crippen LogP contribution in [0.1, 0.15) is 66.3 Å². The number of ether oxygens (including phenoxy) is 1. The van der Waals surface area contributed by atoms with Crippen LogP contribution in [0.15, 0.2) is 10.6 Å². The molecule has 206 valence electrons. The second-order valence-corrected chi connectivity index (χ2v) is 16.0. The smallest absolute Gasteiger partial charge is 0.336 e. The van der Waals surface area contributed by atoms with Crippen LogP contribution in [0.25, 0.3) is 0 Å². The standard InChI is InChI=1S/C25H39N3O7SSi/c1-14(2)25(5,6)37(8,9)35-18-12-17(33-7)15(3)21(24(31)32)22(18)23(27-19(30)13-29)36-11-10-20-26-16(4)28-34-20/h12,14,23,29H,10-11,13H2,1-9H3,(H,27,30)(H,31,32). The van der Waals surface area contributed by atoms with E-state index in [1.807, 2.05) is 0 Å². The number of amides is 1. The van der Waals surface area contributed by atoms with E-state index in [1.54, 1.807) is 19.9 Å². The lowest BCUT2D eigenvalue weighted by Gasteiger charge is -2.43. The van der Waals surface area contributed by atoms with Crippen LogP contribution in [-0.4, -0.2) is 60.0 Å². The molecule has 2 aromatic rings. The van der Waals surface area contributed by atoms with Crippen molar-refractivity contribution in [2.45, 2.75) is 71.5 Å². The summed E-state index contributed by atoms with van der Waals surface area (Å²) >= 11 is 1.29. The molecular formula is C25H39N3O7SSi. The summed E-state index contributed by atoms with van der Waals surface area (Å²) in [6.07, 6.45) is 0.408. The molecule has 0 radical (unpaired) electrons. The molecule has 0 aliphatic heterocycles. The van der Waals surface area contributed by atoms with Crippen molar-refractivity contribution < 1.29 is 33.5 Å². The minimum Gasteiger partial charge on any atom is -0.543 e. The highest BCUT2D eigenvalue weighted by Crippen LogP contribution is 2.48. The molecule has 37 heavy (non-hydrogen) atoms. The van der Waals surface area contributed by atoms with Crippen molar-refractivity contribution >= 4 is 32.0 Å². The van der Waals surface area contributed by atoms with Crippen molar-refractivity contribution in [3.8, 4) is 11.5 Å². The van der Waals surface area contributed by atoms with Gasteiger partial charge < -0.3 is 29.2 Å². The van der Waals surface area contributed by atoms with E-state index >= 15 is 0 Å². The zero-order valence-electron chi connectivity index (χ0n) is 23.1. The van der Waals surface area contributed by atoms with E-state index in [1.165, 1.54) is 18.9 Å². The number of carboxylic acid groups (broad SMARTS) is 1. The monoisotopic (exact) mass is 553 g/mol. The number of nitrogens with zero attached hydrogens (tertiary/aromatic N) is 2. The SMILES string of the molecule is COc1cc(O[Si](C)(C)C(C)(C)C(C)C)c(C(NC(=O)CO)SCCc2nc(C)no2)c(C(=O)O)c1C. The van der Waals surface area contributed by atoms with Gasteiger partial charge >= 0.3 is 5.97 Å². The van der Waals surface area contributed by atoms with Crippen molar-refractivity contribution in [2.75, 3.05) is 19.5 Å². The fraction of sp³-hybridized carbons (Fsp3) is 0.600. The molecule has 2 rings (SSSR count). The minimum atomic E-state index is -2.51. The zero-order valence-corrected chi connectivity index (χ0v) is 24.9. The summed E-state index contributed by atoms with van der Waals surface area (Å²) in [5, 5.41) is 25.3. The molecule has 0 bridgehead atoms. The first-order valence-corrected chi connectivity index (χ1v) is 16.1. The first-order valence-electron chi connectivity index (χ1n) is 12.1. The number of benzene rings is 1. The molecule has 3 N–H and O–H groups in total. The van der Waals surface area contributed by atoms with Crippen LogP contribution in [0, 0.1) is 19.8 Å². The third-order valence-electron chi connectivity index (χ3n) is 7.20. The zero-order chi connectivity index (χ0) is 28.1. The molecule has 12 heteroatoms. The van der Waals surface area contributed by atoms with Crippen LogP contribution in [0.4, 0.5) is 0 Å². The summed E-state index contributed by atoms with van der Waals surface area (Å²) in [7, 11) is -1.03. The Morgan fingerprint density at radius 3 is 2.38 bits per heavy atom. The highest BCUT2D eigenvalue weighted by molar-refractivity contribution is 7.99. The van der Waals surface area contributed by atoms with Crippen LogP contribution in [-0.2, 0) is 11.2 Å². The number of thioether (sulfide) groups is 1. The van der Waals surface area contributed by atoms with E-state index < -0.39 is 32.2 Å². The van der Waals surface area contributed by atoms with Gasteiger partial charge in [-0.25, -0.2) is 4.79 Å². The number of methoxy groups -OCH3 is 1. The van der Waals surface area contributed by atoms with E-state index in [0.717, 1.165) is 0 Å². The van der Waals surface area contributed by atoms with Gasteiger partial charge in [0.25, 0.3) is 8.32 Å². The maximum absolute atomic E-state index is 12.6. The maximum atomic E-state index is 12.6. The van der Waals surface area contributed by atoms with Gasteiger partial charge in [-0.05, 0) is 37.9 Å². The lowest BCUT2D eigenvalue weighted by atomic mass is 9.99. The summed E-state index contributed by atoms with van der Waals surface area (Å²) < 4.78 is 17.4. The first kappa shape index (κ1) is 30.6. The molecule has 0 aliphatic carbocycles. The number of rotatable bonds is 13. The Hall–Kier alpha value is -2.57. The number of hydrogen-bond acceptors (Lipinski definition) is 9. The van der Waals surface area contributed by atoms with Crippen molar-refractivity contribution in [3.63, 3.8) is 0 Å². The van der Waals surface area contributed by atoms with E-state index in [4.69, 9.17) is 13.7 Å². The largest absolute Gasteiger partial charge is 0.543 e. The Bertz CT molecular complexity index is 1120. The van der Waals surface area contributed by atoms with Crippen LogP contribution < -0.4 is 14.5 Å². The molecule has 10 nitrogen and oxygen atoms in total. The maximum Gasteiger partial charge on any atom is 0.336 e. The predicted molar refractivity (Wildman–Crippen MR) is 145 cm³/mol. The predicted octanol–water partition coefficient (Wildman–Crippen LogP) is 4.50. The van der Waals surface area contributed by atoms with E-state index in [2.05, 4.69) is 56.2 Å². The lowest BCUT2D eigenvalue weighted by molar-refractivity contribution is -0.124. The van der Waals surface area contributed by atoms with Gasteiger partial charge in [0.1, 0.15) is 23.5 Å². The third kappa shape index (κ3) is 7.05. The third-order valence-corrected chi connectivity index (χ3v) is 12.7. The molecular weight excluding hydrogens is 514 g/mol. The van der Waals surface area contributed by atoms with Gasteiger partial charge in [-0.15, -0.1) is 11.8 Å². The number of nitrogens with one attached hydrogen (secondary N) is 1. The molecule has 0 saturated carbocycles. The highest BCUT2D eigenvalue weighted by atomic mass is 32.2. The van der Waals surface area contributed by atoms with Gasteiger partial charge in [-0.2, -0.15) is 4.98 Å². The Labute approximate surface area is 223 Å². The van der Waals surface area contributed by atoms with Gasteiger partial charge in [0.2, 0.25) is 11.8 Å². The molecule has 1 aromatic carbocycles. The van der Waals surface area contributed by atoms with Gasteiger partial charge in [0, 0.05) is 29.4 Å². The number of aryl methyl sites for hydroxylation is 2. The fourth-order valence-electron chi connectivity index (χ4n) is 3.78. The Kier molecular flexibility index (Phi) is 10.2. The van der Waals surface area contributed by atoms with E-state index in [0.29, 0.717) is 52.4 Å². The summed E-state index contributed by atoms with van der Waals surface area (Å²) in [5.41, 5.74) is 0.724. The molecule has 0 aliphatic rings. The quantitative estimate of drug-likeness (QED) is 0.240. The molecule has 1 heterocycles. The molecule has 1 atom stereocenters. The Morgan fingerprint density at radius 1 is 1.24 bits per heavy atom. The molecule has 1 unspecified atom stereocenters. The van der Waals surface area contributed by atoms with Crippen molar-refractivity contribution in [1.29, 1.82) is 0 Å². The lowest BCUT2D eigenvalue weighted by Crippen LogP contribution is -2.48. The average molecular weight is 554 g/mol. The molecule has 0 saturated heterocycles. The highest BCUT2D eigenvalue weighted by Gasteiger charge is 2.46. The number of hydrogen-bond donors (Lipinski definition) is 3. The number of carbonyl (C=O) groups excluding carboxylic acids is 1.